The number of amides is 1. The molecule has 0 radical (unpaired) electrons. The summed E-state index contributed by atoms with van der Waals surface area (Å²) in [6, 6.07) is 1.43. The fraction of sp³-hybridized carbons (Fsp3) is 0.412. The Morgan fingerprint density at radius 2 is 2.00 bits per heavy atom. The monoisotopic (exact) mass is 378 g/mol. The van der Waals surface area contributed by atoms with E-state index in [4.69, 9.17) is 0 Å². The highest BCUT2D eigenvalue weighted by Gasteiger charge is 2.41. The van der Waals surface area contributed by atoms with Crippen molar-refractivity contribution in [3.8, 4) is 5.95 Å². The first-order chi connectivity index (χ1) is 12.9. The SMILES string of the molecule is O=C(NC1CCC(C(F)(F)F)CC1)c1nc(-n2ccnc2)nc2cc[nH]c12. The summed E-state index contributed by atoms with van der Waals surface area (Å²) in [5, 5.41) is 2.82. The van der Waals surface area contributed by atoms with E-state index in [2.05, 4.69) is 25.3 Å². The maximum absolute atomic E-state index is 12.8. The quantitative estimate of drug-likeness (QED) is 0.733. The number of nitrogens with zero attached hydrogens (tertiary/aromatic N) is 4. The summed E-state index contributed by atoms with van der Waals surface area (Å²) in [7, 11) is 0. The summed E-state index contributed by atoms with van der Waals surface area (Å²) in [5.41, 5.74) is 1.21. The lowest BCUT2D eigenvalue weighted by molar-refractivity contribution is -0.182. The molecule has 0 saturated heterocycles. The normalized spacial score (nSPS) is 20.7. The van der Waals surface area contributed by atoms with E-state index in [0.717, 1.165) is 0 Å². The molecular weight excluding hydrogens is 361 g/mol. The van der Waals surface area contributed by atoms with Crippen molar-refractivity contribution in [1.82, 2.24) is 29.8 Å². The third-order valence-electron chi connectivity index (χ3n) is 4.87. The minimum Gasteiger partial charge on any atom is -0.358 e. The molecule has 142 valence electrons. The molecule has 10 heteroatoms. The smallest absolute Gasteiger partial charge is 0.358 e. The Hall–Kier alpha value is -2.91. The first-order valence-electron chi connectivity index (χ1n) is 8.63. The van der Waals surface area contributed by atoms with Gasteiger partial charge in [-0.15, -0.1) is 0 Å². The van der Waals surface area contributed by atoms with Crippen LogP contribution in [0, 0.1) is 5.92 Å². The average molecular weight is 378 g/mol. The van der Waals surface area contributed by atoms with Crippen LogP contribution in [0.15, 0.2) is 31.0 Å². The molecule has 27 heavy (non-hydrogen) atoms. The lowest BCUT2D eigenvalue weighted by atomic mass is 9.85. The van der Waals surface area contributed by atoms with Gasteiger partial charge >= 0.3 is 6.18 Å². The van der Waals surface area contributed by atoms with Crippen LogP contribution < -0.4 is 5.32 Å². The Morgan fingerprint density at radius 3 is 2.67 bits per heavy atom. The van der Waals surface area contributed by atoms with Crippen molar-refractivity contribution in [2.75, 3.05) is 0 Å². The first kappa shape index (κ1) is 17.5. The number of rotatable bonds is 3. The van der Waals surface area contributed by atoms with Gasteiger partial charge < -0.3 is 10.3 Å². The second-order valence-electron chi connectivity index (χ2n) is 6.64. The zero-order valence-corrected chi connectivity index (χ0v) is 14.2. The molecule has 1 saturated carbocycles. The lowest BCUT2D eigenvalue weighted by Gasteiger charge is -2.30. The van der Waals surface area contributed by atoms with Crippen LogP contribution in [0.25, 0.3) is 17.0 Å². The Kier molecular flexibility index (Phi) is 4.33. The van der Waals surface area contributed by atoms with Crippen LogP contribution in [0.4, 0.5) is 13.2 Å². The Balaban J connectivity index is 1.54. The zero-order valence-electron chi connectivity index (χ0n) is 14.2. The van der Waals surface area contributed by atoms with Gasteiger partial charge in [0.2, 0.25) is 5.95 Å². The van der Waals surface area contributed by atoms with Gasteiger partial charge in [0.25, 0.3) is 5.91 Å². The second kappa shape index (κ2) is 6.67. The molecule has 1 amide bonds. The third-order valence-corrected chi connectivity index (χ3v) is 4.87. The number of halogens is 3. The van der Waals surface area contributed by atoms with Gasteiger partial charge in [0.1, 0.15) is 6.33 Å². The number of fused-ring (bicyclic) bond motifs is 1. The highest BCUT2D eigenvalue weighted by molar-refractivity contribution is 6.03. The number of hydrogen-bond acceptors (Lipinski definition) is 4. The molecule has 7 nitrogen and oxygen atoms in total. The number of nitrogens with one attached hydrogen (secondary N) is 2. The molecule has 1 aliphatic rings. The van der Waals surface area contributed by atoms with Crippen molar-refractivity contribution in [2.24, 2.45) is 5.92 Å². The molecule has 3 aromatic rings. The molecule has 1 aliphatic carbocycles. The maximum atomic E-state index is 12.8. The molecule has 0 spiro atoms. The Morgan fingerprint density at radius 1 is 1.22 bits per heavy atom. The Labute approximate surface area is 152 Å². The highest BCUT2D eigenvalue weighted by atomic mass is 19.4. The topological polar surface area (TPSA) is 88.5 Å². The lowest BCUT2D eigenvalue weighted by Crippen LogP contribution is -2.40. The number of hydrogen-bond donors (Lipinski definition) is 2. The standard InChI is InChI=1S/C17H17F3N6O/c18-17(19,20)10-1-3-11(4-2-10)23-15(27)14-13-12(5-6-22-13)24-16(25-14)26-8-7-21-9-26/h5-11,22H,1-4H2,(H,23,27). The van der Waals surface area contributed by atoms with Gasteiger partial charge in [0.05, 0.1) is 17.0 Å². The largest absolute Gasteiger partial charge is 0.391 e. The Bertz CT molecular complexity index is 941. The molecule has 3 aromatic heterocycles. The van der Waals surface area contributed by atoms with Gasteiger partial charge in [-0.05, 0) is 31.7 Å². The molecule has 3 heterocycles. The summed E-state index contributed by atoms with van der Waals surface area (Å²) < 4.78 is 40.0. The number of imidazole rings is 1. The molecule has 0 bridgehead atoms. The van der Waals surface area contributed by atoms with Crippen LogP contribution in [0.3, 0.4) is 0 Å². The second-order valence-corrected chi connectivity index (χ2v) is 6.64. The third kappa shape index (κ3) is 3.51. The summed E-state index contributed by atoms with van der Waals surface area (Å²) in [4.78, 5) is 28.4. The van der Waals surface area contributed by atoms with E-state index in [1.165, 1.54) is 6.33 Å². The van der Waals surface area contributed by atoms with Crippen molar-refractivity contribution >= 4 is 16.9 Å². The van der Waals surface area contributed by atoms with E-state index in [1.54, 1.807) is 29.2 Å². The molecule has 4 rings (SSSR count). The molecule has 0 aromatic carbocycles. The van der Waals surface area contributed by atoms with Gasteiger partial charge in [-0.3, -0.25) is 9.36 Å². The van der Waals surface area contributed by atoms with Crippen molar-refractivity contribution in [3.63, 3.8) is 0 Å². The predicted molar refractivity (Wildman–Crippen MR) is 90.3 cm³/mol. The molecule has 0 atom stereocenters. The summed E-state index contributed by atoms with van der Waals surface area (Å²) >= 11 is 0. The van der Waals surface area contributed by atoms with Crippen LogP contribution in [0.5, 0.6) is 0 Å². The summed E-state index contributed by atoms with van der Waals surface area (Å²) in [5.74, 6) is -1.42. The van der Waals surface area contributed by atoms with E-state index in [9.17, 15) is 18.0 Å². The zero-order chi connectivity index (χ0) is 19.0. The van der Waals surface area contributed by atoms with Crippen LogP contribution in [0.1, 0.15) is 36.2 Å². The van der Waals surface area contributed by atoms with Crippen LogP contribution in [0.2, 0.25) is 0 Å². The van der Waals surface area contributed by atoms with Crippen LogP contribution in [-0.2, 0) is 0 Å². The van der Waals surface area contributed by atoms with Gasteiger partial charge in [-0.25, -0.2) is 15.0 Å². The number of aromatic amines is 1. The fourth-order valence-electron chi connectivity index (χ4n) is 3.41. The van der Waals surface area contributed by atoms with Gasteiger partial charge in [0.15, 0.2) is 5.69 Å². The van der Waals surface area contributed by atoms with E-state index >= 15 is 0 Å². The number of alkyl halides is 3. The number of carbonyl (C=O) groups excluding carboxylic acids is 1. The van der Waals surface area contributed by atoms with E-state index < -0.39 is 18.0 Å². The van der Waals surface area contributed by atoms with Gasteiger partial charge in [-0.1, -0.05) is 0 Å². The van der Waals surface area contributed by atoms with E-state index in [1.807, 2.05) is 0 Å². The maximum Gasteiger partial charge on any atom is 0.391 e. The minimum absolute atomic E-state index is 0.0242. The van der Waals surface area contributed by atoms with Crippen molar-refractivity contribution in [3.05, 3.63) is 36.7 Å². The molecule has 1 fully saturated rings. The molecule has 0 unspecified atom stereocenters. The molecule has 2 N–H and O–H groups in total. The number of H-pyrrole nitrogens is 1. The number of carbonyl (C=O) groups is 1. The average Bonchev–Trinajstić information content (AvgIpc) is 3.32. The van der Waals surface area contributed by atoms with Gasteiger partial charge in [0, 0.05) is 24.6 Å². The summed E-state index contributed by atoms with van der Waals surface area (Å²) in [6.45, 7) is 0. The highest BCUT2D eigenvalue weighted by Crippen LogP contribution is 2.37. The predicted octanol–water partition coefficient (Wildman–Crippen LogP) is 2.99. The number of aromatic nitrogens is 5. The van der Waals surface area contributed by atoms with Crippen LogP contribution in [-0.4, -0.2) is 42.6 Å². The minimum atomic E-state index is -4.17. The van der Waals surface area contributed by atoms with Gasteiger partial charge in [-0.2, -0.15) is 13.2 Å². The van der Waals surface area contributed by atoms with Crippen LogP contribution >= 0.6 is 0 Å². The van der Waals surface area contributed by atoms with E-state index in [-0.39, 0.29) is 24.6 Å². The van der Waals surface area contributed by atoms with Crippen molar-refractivity contribution in [1.29, 1.82) is 0 Å². The fourth-order valence-corrected chi connectivity index (χ4v) is 3.41. The van der Waals surface area contributed by atoms with Crippen molar-refractivity contribution in [2.45, 2.75) is 37.9 Å². The summed E-state index contributed by atoms with van der Waals surface area (Å²) in [6.07, 6.45) is 2.88. The molecular formula is C17H17F3N6O. The van der Waals surface area contributed by atoms with Crippen molar-refractivity contribution < 1.29 is 18.0 Å². The van der Waals surface area contributed by atoms with E-state index in [0.29, 0.717) is 29.8 Å². The first-order valence-corrected chi connectivity index (χ1v) is 8.63. The molecule has 0 aliphatic heterocycles.